The lowest BCUT2D eigenvalue weighted by molar-refractivity contribution is -0.122. The highest BCUT2D eigenvalue weighted by Crippen LogP contribution is 2.25. The third kappa shape index (κ3) is 3.93. The first kappa shape index (κ1) is 14.8. The standard InChI is InChI=1S/C13H17N5O3/c1-18-7-16-12(17-18)6-15-13(21)9(14)4-8-2-3-10(19)11(20)5-8/h2-3,5,7,9,19-20H,4,6,14H2,1H3,(H,15,21)/t9-/m0/s1. The second-order valence-electron chi connectivity index (χ2n) is 4.69. The quantitative estimate of drug-likeness (QED) is 0.546. The van der Waals surface area contributed by atoms with Crippen molar-refractivity contribution in [3.05, 3.63) is 35.9 Å². The van der Waals surface area contributed by atoms with E-state index in [9.17, 15) is 15.0 Å². The molecule has 2 rings (SSSR count). The highest BCUT2D eigenvalue weighted by molar-refractivity contribution is 5.81. The number of carbonyl (C=O) groups excluding carboxylic acids is 1. The summed E-state index contributed by atoms with van der Waals surface area (Å²) in [5, 5.41) is 25.3. The normalized spacial score (nSPS) is 12.1. The summed E-state index contributed by atoms with van der Waals surface area (Å²) < 4.78 is 1.54. The molecule has 8 heteroatoms. The SMILES string of the molecule is Cn1cnc(CNC(=O)[C@@H](N)Cc2ccc(O)c(O)c2)n1. The van der Waals surface area contributed by atoms with E-state index >= 15 is 0 Å². The van der Waals surface area contributed by atoms with Crippen LogP contribution in [0, 0.1) is 0 Å². The maximum atomic E-state index is 11.9. The summed E-state index contributed by atoms with van der Waals surface area (Å²) in [6.07, 6.45) is 1.79. The number of carbonyl (C=O) groups is 1. The Morgan fingerprint density at radius 3 is 2.81 bits per heavy atom. The van der Waals surface area contributed by atoms with Gasteiger partial charge in [0.05, 0.1) is 12.6 Å². The number of nitrogens with one attached hydrogen (secondary N) is 1. The van der Waals surface area contributed by atoms with E-state index in [1.807, 2.05) is 0 Å². The molecule has 1 atom stereocenters. The highest BCUT2D eigenvalue weighted by atomic mass is 16.3. The van der Waals surface area contributed by atoms with Gasteiger partial charge in [0, 0.05) is 7.05 Å². The molecule has 21 heavy (non-hydrogen) atoms. The minimum atomic E-state index is -0.766. The first-order valence-electron chi connectivity index (χ1n) is 6.34. The van der Waals surface area contributed by atoms with Crippen LogP contribution in [0.5, 0.6) is 11.5 Å². The number of rotatable bonds is 5. The van der Waals surface area contributed by atoms with E-state index in [1.165, 1.54) is 12.1 Å². The molecule has 0 spiro atoms. The van der Waals surface area contributed by atoms with Gasteiger partial charge in [0.25, 0.3) is 0 Å². The third-order valence-electron chi connectivity index (χ3n) is 2.90. The van der Waals surface area contributed by atoms with Crippen LogP contribution in [0.1, 0.15) is 11.4 Å². The van der Waals surface area contributed by atoms with Gasteiger partial charge in [-0.1, -0.05) is 6.07 Å². The van der Waals surface area contributed by atoms with Crippen molar-refractivity contribution < 1.29 is 15.0 Å². The molecule has 1 heterocycles. The van der Waals surface area contributed by atoms with E-state index < -0.39 is 6.04 Å². The summed E-state index contributed by atoms with van der Waals surface area (Å²) in [4.78, 5) is 15.9. The number of aromatic nitrogens is 3. The van der Waals surface area contributed by atoms with E-state index in [0.717, 1.165) is 0 Å². The summed E-state index contributed by atoms with van der Waals surface area (Å²) in [6, 6.07) is 3.57. The van der Waals surface area contributed by atoms with Crippen LogP contribution in [-0.2, 0) is 24.8 Å². The van der Waals surface area contributed by atoms with Crippen LogP contribution >= 0.6 is 0 Å². The minimum Gasteiger partial charge on any atom is -0.504 e. The van der Waals surface area contributed by atoms with E-state index in [2.05, 4.69) is 15.4 Å². The molecule has 112 valence electrons. The van der Waals surface area contributed by atoms with E-state index in [1.54, 1.807) is 24.1 Å². The Labute approximate surface area is 121 Å². The number of nitrogens with zero attached hydrogens (tertiary/aromatic N) is 3. The van der Waals surface area contributed by atoms with Crippen LogP contribution in [0.15, 0.2) is 24.5 Å². The lowest BCUT2D eigenvalue weighted by Crippen LogP contribution is -2.41. The van der Waals surface area contributed by atoms with Crippen LogP contribution in [-0.4, -0.2) is 36.9 Å². The van der Waals surface area contributed by atoms with Crippen LogP contribution < -0.4 is 11.1 Å². The third-order valence-corrected chi connectivity index (χ3v) is 2.90. The van der Waals surface area contributed by atoms with Gasteiger partial charge in [0.1, 0.15) is 6.33 Å². The number of aryl methyl sites for hydroxylation is 1. The average molecular weight is 291 g/mol. The zero-order valence-corrected chi connectivity index (χ0v) is 11.5. The van der Waals surface area contributed by atoms with Gasteiger partial charge in [-0.3, -0.25) is 9.48 Å². The summed E-state index contributed by atoms with van der Waals surface area (Å²) >= 11 is 0. The Balaban J connectivity index is 1.88. The summed E-state index contributed by atoms with van der Waals surface area (Å²) in [5.74, 6) is -0.286. The Morgan fingerprint density at radius 2 is 2.19 bits per heavy atom. The molecule has 0 saturated heterocycles. The molecule has 0 bridgehead atoms. The molecule has 0 radical (unpaired) electrons. The number of phenols is 2. The molecule has 0 fully saturated rings. The van der Waals surface area contributed by atoms with E-state index in [-0.39, 0.29) is 30.4 Å². The maximum Gasteiger partial charge on any atom is 0.237 e. The molecule has 0 aliphatic carbocycles. The fourth-order valence-corrected chi connectivity index (χ4v) is 1.80. The number of hydrogen-bond acceptors (Lipinski definition) is 6. The molecular formula is C13H17N5O3. The molecule has 2 aromatic rings. The molecule has 0 aliphatic rings. The highest BCUT2D eigenvalue weighted by Gasteiger charge is 2.15. The van der Waals surface area contributed by atoms with Crippen LogP contribution in [0.4, 0.5) is 0 Å². The maximum absolute atomic E-state index is 11.9. The van der Waals surface area contributed by atoms with Gasteiger partial charge in [-0.25, -0.2) is 4.98 Å². The predicted octanol–water partition coefficient (Wildman–Crippen LogP) is -0.588. The molecule has 1 amide bonds. The smallest absolute Gasteiger partial charge is 0.237 e. The second-order valence-corrected chi connectivity index (χ2v) is 4.69. The number of amides is 1. The Hall–Kier alpha value is -2.61. The van der Waals surface area contributed by atoms with Gasteiger partial charge in [-0.15, -0.1) is 0 Å². The minimum absolute atomic E-state index is 0.203. The van der Waals surface area contributed by atoms with Gasteiger partial charge in [0.2, 0.25) is 5.91 Å². The van der Waals surface area contributed by atoms with Crippen molar-refractivity contribution in [2.75, 3.05) is 0 Å². The fourth-order valence-electron chi connectivity index (χ4n) is 1.80. The van der Waals surface area contributed by atoms with Gasteiger partial charge in [-0.05, 0) is 24.1 Å². The zero-order chi connectivity index (χ0) is 15.4. The van der Waals surface area contributed by atoms with Crippen molar-refractivity contribution in [2.24, 2.45) is 12.8 Å². The molecule has 0 saturated carbocycles. The topological polar surface area (TPSA) is 126 Å². The number of benzene rings is 1. The fraction of sp³-hybridized carbons (Fsp3) is 0.308. The van der Waals surface area contributed by atoms with Crippen molar-refractivity contribution in [2.45, 2.75) is 19.0 Å². The Morgan fingerprint density at radius 1 is 1.43 bits per heavy atom. The van der Waals surface area contributed by atoms with Crippen molar-refractivity contribution in [3.8, 4) is 11.5 Å². The summed E-state index contributed by atoms with van der Waals surface area (Å²) in [6.45, 7) is 0.203. The average Bonchev–Trinajstić information content (AvgIpc) is 2.86. The van der Waals surface area contributed by atoms with Gasteiger partial charge in [-0.2, -0.15) is 5.10 Å². The van der Waals surface area contributed by atoms with Crippen molar-refractivity contribution >= 4 is 5.91 Å². The first-order valence-corrected chi connectivity index (χ1v) is 6.34. The summed E-state index contributed by atoms with van der Waals surface area (Å²) in [5.41, 5.74) is 6.46. The largest absolute Gasteiger partial charge is 0.504 e. The molecule has 0 unspecified atom stereocenters. The lowest BCUT2D eigenvalue weighted by atomic mass is 10.1. The van der Waals surface area contributed by atoms with Crippen molar-refractivity contribution in [3.63, 3.8) is 0 Å². The van der Waals surface area contributed by atoms with Crippen molar-refractivity contribution in [1.29, 1.82) is 0 Å². The van der Waals surface area contributed by atoms with E-state index in [4.69, 9.17) is 5.73 Å². The van der Waals surface area contributed by atoms with Crippen LogP contribution in [0.2, 0.25) is 0 Å². The number of phenolic OH excluding ortho intramolecular Hbond substituents is 2. The van der Waals surface area contributed by atoms with Gasteiger partial charge >= 0.3 is 0 Å². The Bertz CT molecular complexity index is 640. The van der Waals surface area contributed by atoms with Crippen molar-refractivity contribution in [1.82, 2.24) is 20.1 Å². The second kappa shape index (κ2) is 6.23. The Kier molecular flexibility index (Phi) is 4.39. The van der Waals surface area contributed by atoms with Crippen LogP contribution in [0.3, 0.4) is 0 Å². The molecule has 8 nitrogen and oxygen atoms in total. The number of hydrogen-bond donors (Lipinski definition) is 4. The molecule has 5 N–H and O–H groups in total. The van der Waals surface area contributed by atoms with Gasteiger partial charge < -0.3 is 21.3 Å². The van der Waals surface area contributed by atoms with Crippen LogP contribution in [0.25, 0.3) is 0 Å². The monoisotopic (exact) mass is 291 g/mol. The number of nitrogens with two attached hydrogens (primary N) is 1. The molecule has 0 aliphatic heterocycles. The zero-order valence-electron chi connectivity index (χ0n) is 11.5. The molecular weight excluding hydrogens is 274 g/mol. The summed E-state index contributed by atoms with van der Waals surface area (Å²) in [7, 11) is 1.74. The number of aromatic hydroxyl groups is 2. The van der Waals surface area contributed by atoms with Gasteiger partial charge in [0.15, 0.2) is 17.3 Å². The predicted molar refractivity (Wildman–Crippen MR) is 74.3 cm³/mol. The molecule has 1 aromatic heterocycles. The molecule has 1 aromatic carbocycles. The lowest BCUT2D eigenvalue weighted by Gasteiger charge is -2.12. The first-order chi connectivity index (χ1) is 9.95. The van der Waals surface area contributed by atoms with E-state index in [0.29, 0.717) is 11.4 Å².